The number of benzene rings is 2. The van der Waals surface area contributed by atoms with Crippen LogP contribution >= 0.6 is 11.8 Å². The van der Waals surface area contributed by atoms with E-state index < -0.39 is 72.2 Å². The fraction of sp³-hybridized carbons (Fsp3) is 0.321. The molecule has 1 aromatic heterocycles. The van der Waals surface area contributed by atoms with Crippen LogP contribution in [0.2, 0.25) is 0 Å². The number of rotatable bonds is 5. The Labute approximate surface area is 244 Å². The second-order valence-corrected chi connectivity index (χ2v) is 10.8. The van der Waals surface area contributed by atoms with Gasteiger partial charge < -0.3 is 14.4 Å². The van der Waals surface area contributed by atoms with Gasteiger partial charge in [-0.05, 0) is 35.7 Å². The number of halogens is 6. The molecule has 0 spiro atoms. The van der Waals surface area contributed by atoms with E-state index in [9.17, 15) is 40.7 Å². The summed E-state index contributed by atoms with van der Waals surface area (Å²) < 4.78 is 95.8. The summed E-state index contributed by atoms with van der Waals surface area (Å²) >= 11 is 1.14. The number of thioether (sulfide) groups is 1. The Morgan fingerprint density at radius 3 is 2.40 bits per heavy atom. The number of carbonyl (C=O) groups excluding carboxylic acids is 2. The summed E-state index contributed by atoms with van der Waals surface area (Å²) in [6, 6.07) is 7.81. The second kappa shape index (κ2) is 11.2. The molecule has 0 fully saturated rings. The van der Waals surface area contributed by atoms with Crippen molar-refractivity contribution >= 4 is 23.6 Å². The molecular weight excluding hydrogens is 604 g/mol. The number of hydrogen-bond donors (Lipinski definition) is 0. The summed E-state index contributed by atoms with van der Waals surface area (Å²) in [4.78, 5) is 38.8. The van der Waals surface area contributed by atoms with Crippen molar-refractivity contribution in [3.05, 3.63) is 92.9 Å². The van der Waals surface area contributed by atoms with E-state index in [1.165, 1.54) is 17.1 Å². The maximum atomic E-state index is 14.2. The molecule has 2 aliphatic heterocycles. The van der Waals surface area contributed by atoms with Gasteiger partial charge in [0.1, 0.15) is 12.7 Å². The molecule has 5 rings (SSSR count). The van der Waals surface area contributed by atoms with E-state index in [0.717, 1.165) is 48.6 Å². The molecule has 3 heterocycles. The maximum absolute atomic E-state index is 14.2. The van der Waals surface area contributed by atoms with E-state index in [4.69, 9.17) is 9.47 Å². The highest BCUT2D eigenvalue weighted by molar-refractivity contribution is 7.98. The van der Waals surface area contributed by atoms with Crippen molar-refractivity contribution in [1.29, 1.82) is 0 Å². The number of esters is 1. The lowest BCUT2D eigenvalue weighted by Crippen LogP contribution is -2.60. The van der Waals surface area contributed by atoms with E-state index in [-0.39, 0.29) is 16.9 Å². The summed E-state index contributed by atoms with van der Waals surface area (Å²) in [6.45, 7) is 0.297. The molecule has 1 amide bonds. The molecule has 15 heteroatoms. The highest BCUT2D eigenvalue weighted by Gasteiger charge is 2.48. The van der Waals surface area contributed by atoms with Gasteiger partial charge in [-0.25, -0.2) is 0 Å². The topological polar surface area (TPSA) is 81.1 Å². The van der Waals surface area contributed by atoms with Crippen LogP contribution in [0.1, 0.15) is 52.6 Å². The molecule has 0 N–H and O–H groups in total. The predicted molar refractivity (Wildman–Crippen MR) is 142 cm³/mol. The van der Waals surface area contributed by atoms with Gasteiger partial charge in [0.05, 0.1) is 11.6 Å². The standard InChI is InChI=1S/C28H23F6N3O5S/c1-15(27(29,30)31)35-13-37(36-11-10-21(39)25(24(36)26(35)40)42-14-41-16(2)38)23-17-7-5-8-20(28(32,33)34)19(17)12-43-22-9-4-3-6-18(22)23/h3-11,15,23H,12-14H2,1-2H3/t15-,23+/m1/s1. The molecule has 0 bridgehead atoms. The first-order valence-electron chi connectivity index (χ1n) is 12.8. The van der Waals surface area contributed by atoms with E-state index in [0.29, 0.717) is 15.4 Å². The molecule has 3 aromatic rings. The molecule has 0 radical (unpaired) electrons. The molecule has 0 unspecified atom stereocenters. The van der Waals surface area contributed by atoms with Gasteiger partial charge in [0.2, 0.25) is 18.0 Å². The molecule has 43 heavy (non-hydrogen) atoms. The van der Waals surface area contributed by atoms with Crippen LogP contribution in [-0.4, -0.2) is 47.1 Å². The molecule has 8 nitrogen and oxygen atoms in total. The van der Waals surface area contributed by atoms with Gasteiger partial charge in [0.15, 0.2) is 5.69 Å². The van der Waals surface area contributed by atoms with Crippen LogP contribution in [0.15, 0.2) is 64.4 Å². The molecule has 0 saturated carbocycles. The molecule has 2 aliphatic rings. The number of alkyl halides is 6. The average Bonchev–Trinajstić information content (AvgIpc) is 3.10. The lowest BCUT2D eigenvalue weighted by atomic mass is 9.91. The Balaban J connectivity index is 1.78. The van der Waals surface area contributed by atoms with E-state index in [1.807, 2.05) is 0 Å². The fourth-order valence-electron chi connectivity index (χ4n) is 5.10. The number of ether oxygens (including phenoxy) is 2. The van der Waals surface area contributed by atoms with Crippen molar-refractivity contribution < 1.29 is 45.4 Å². The second-order valence-electron chi connectivity index (χ2n) is 9.77. The monoisotopic (exact) mass is 627 g/mol. The van der Waals surface area contributed by atoms with Crippen LogP contribution in [0.4, 0.5) is 26.3 Å². The van der Waals surface area contributed by atoms with Gasteiger partial charge in [-0.2, -0.15) is 26.3 Å². The van der Waals surface area contributed by atoms with Crippen molar-refractivity contribution in [3.63, 3.8) is 0 Å². The zero-order valence-electron chi connectivity index (χ0n) is 22.5. The van der Waals surface area contributed by atoms with E-state index in [2.05, 4.69) is 0 Å². The molecule has 0 aliphatic carbocycles. The quantitative estimate of drug-likeness (QED) is 0.211. The third-order valence-corrected chi connectivity index (χ3v) is 8.29. The smallest absolute Gasteiger partial charge is 0.416 e. The van der Waals surface area contributed by atoms with E-state index in [1.54, 1.807) is 24.3 Å². The number of pyridine rings is 1. The third-order valence-electron chi connectivity index (χ3n) is 7.18. The number of carbonyl (C=O) groups is 2. The molecule has 2 aromatic carbocycles. The Morgan fingerprint density at radius 1 is 1.02 bits per heavy atom. The Kier molecular flexibility index (Phi) is 7.88. The summed E-state index contributed by atoms with van der Waals surface area (Å²) in [5, 5.41) is 1.29. The zero-order chi connectivity index (χ0) is 31.3. The van der Waals surface area contributed by atoms with Gasteiger partial charge in [-0.15, -0.1) is 11.8 Å². The number of aromatic nitrogens is 1. The minimum atomic E-state index is -4.89. The number of nitrogens with zero attached hydrogens (tertiary/aromatic N) is 3. The van der Waals surface area contributed by atoms with Crippen LogP contribution in [0.25, 0.3) is 0 Å². The first-order valence-corrected chi connectivity index (χ1v) is 13.8. The number of amides is 1. The fourth-order valence-corrected chi connectivity index (χ4v) is 6.24. The third kappa shape index (κ3) is 5.65. The molecule has 0 saturated heterocycles. The summed E-state index contributed by atoms with van der Waals surface area (Å²) in [7, 11) is 0. The Hall–Kier alpha value is -4.14. The van der Waals surface area contributed by atoms with Crippen molar-refractivity contribution in [2.45, 2.75) is 48.9 Å². The normalized spacial score (nSPS) is 17.4. The van der Waals surface area contributed by atoms with Crippen molar-refractivity contribution in [3.8, 4) is 5.75 Å². The van der Waals surface area contributed by atoms with Crippen molar-refractivity contribution in [2.24, 2.45) is 0 Å². The van der Waals surface area contributed by atoms with Crippen LogP contribution < -0.4 is 15.2 Å². The highest BCUT2D eigenvalue weighted by Crippen LogP contribution is 2.46. The number of fused-ring (bicyclic) bond motifs is 3. The maximum Gasteiger partial charge on any atom is 0.416 e. The predicted octanol–water partition coefficient (Wildman–Crippen LogP) is 5.46. The van der Waals surface area contributed by atoms with Crippen LogP contribution in [-0.2, 0) is 21.5 Å². The lowest BCUT2D eigenvalue weighted by molar-refractivity contribution is -0.173. The summed E-state index contributed by atoms with van der Waals surface area (Å²) in [5.74, 6) is -2.76. The van der Waals surface area contributed by atoms with Crippen molar-refractivity contribution in [1.82, 2.24) is 9.58 Å². The zero-order valence-corrected chi connectivity index (χ0v) is 23.3. The van der Waals surface area contributed by atoms with Crippen LogP contribution in [0, 0.1) is 0 Å². The average molecular weight is 628 g/mol. The molecule has 228 valence electrons. The summed E-state index contributed by atoms with van der Waals surface area (Å²) in [5.41, 5.74) is -1.81. The minimum Gasteiger partial charge on any atom is -0.451 e. The first kappa shape index (κ1) is 30.3. The van der Waals surface area contributed by atoms with Crippen LogP contribution in [0.3, 0.4) is 0 Å². The van der Waals surface area contributed by atoms with Gasteiger partial charge in [-0.3, -0.25) is 24.1 Å². The van der Waals surface area contributed by atoms with Crippen LogP contribution in [0.5, 0.6) is 5.75 Å². The minimum absolute atomic E-state index is 0.0672. The van der Waals surface area contributed by atoms with Gasteiger partial charge in [0.25, 0.3) is 5.91 Å². The SMILES string of the molecule is CC(=O)OCOc1c2n(ccc1=O)N([C@@H]1c3ccccc3SCc3c1cccc3C(F)(F)F)CN([C@H](C)C(F)(F)F)C2=O. The first-order chi connectivity index (χ1) is 20.2. The van der Waals surface area contributed by atoms with Gasteiger partial charge in [-0.1, -0.05) is 30.3 Å². The molecular formula is C28H23F6N3O5S. The Morgan fingerprint density at radius 2 is 1.72 bits per heavy atom. The van der Waals surface area contributed by atoms with Crippen molar-refractivity contribution in [2.75, 3.05) is 18.5 Å². The number of hydrogen-bond acceptors (Lipinski definition) is 7. The summed E-state index contributed by atoms with van der Waals surface area (Å²) in [6.07, 6.45) is -8.46. The van der Waals surface area contributed by atoms with E-state index >= 15 is 0 Å². The van der Waals surface area contributed by atoms with Gasteiger partial charge in [0, 0.05) is 29.8 Å². The molecule has 2 atom stereocenters. The van der Waals surface area contributed by atoms with Gasteiger partial charge >= 0.3 is 18.3 Å². The highest BCUT2D eigenvalue weighted by atomic mass is 32.2. The lowest BCUT2D eigenvalue weighted by Gasteiger charge is -2.46. The largest absolute Gasteiger partial charge is 0.451 e. The Bertz CT molecular complexity index is 1640.